The van der Waals surface area contributed by atoms with E-state index >= 15 is 0 Å². The number of halogens is 1. The zero-order valence-corrected chi connectivity index (χ0v) is 7.80. The summed E-state index contributed by atoms with van der Waals surface area (Å²) in [5.74, 6) is 1.42. The van der Waals surface area contributed by atoms with Crippen LogP contribution in [-0.2, 0) is 0 Å². The Balaban J connectivity index is 2.30. The summed E-state index contributed by atoms with van der Waals surface area (Å²) in [6.45, 7) is 1.88. The Morgan fingerprint density at radius 3 is 2.67 bits per heavy atom. The van der Waals surface area contributed by atoms with Gasteiger partial charge < -0.3 is 0 Å². The molecule has 2 nitrogen and oxygen atoms in total. The molecular weight excluding hydrogens is 172 g/mol. The van der Waals surface area contributed by atoms with Crippen LogP contribution in [0.3, 0.4) is 0 Å². The van der Waals surface area contributed by atoms with Crippen LogP contribution < -0.4 is 0 Å². The Morgan fingerprint density at radius 2 is 2.17 bits per heavy atom. The summed E-state index contributed by atoms with van der Waals surface area (Å²) in [6, 6.07) is 1.89. The van der Waals surface area contributed by atoms with Gasteiger partial charge in [0, 0.05) is 11.6 Å². The maximum absolute atomic E-state index is 5.82. The van der Waals surface area contributed by atoms with Crippen molar-refractivity contribution in [3.8, 4) is 0 Å². The molecule has 0 spiro atoms. The van der Waals surface area contributed by atoms with Crippen molar-refractivity contribution < 1.29 is 0 Å². The molecule has 1 saturated carbocycles. The minimum Gasteiger partial charge on any atom is -0.238 e. The average molecular weight is 183 g/mol. The summed E-state index contributed by atoms with van der Waals surface area (Å²) >= 11 is 5.82. The lowest BCUT2D eigenvalue weighted by molar-refractivity contribution is 0.410. The highest BCUT2D eigenvalue weighted by Gasteiger charge is 2.21. The van der Waals surface area contributed by atoms with E-state index in [2.05, 4.69) is 9.97 Å². The van der Waals surface area contributed by atoms with Gasteiger partial charge in [-0.3, -0.25) is 0 Å². The van der Waals surface area contributed by atoms with Gasteiger partial charge in [-0.15, -0.1) is 0 Å². The molecule has 2 rings (SSSR count). The van der Waals surface area contributed by atoms with Gasteiger partial charge in [0.2, 0.25) is 0 Å². The van der Waals surface area contributed by atoms with E-state index in [1.165, 1.54) is 19.3 Å². The summed E-state index contributed by atoms with van der Waals surface area (Å²) in [6.07, 6.45) is 3.84. The second-order valence-electron chi connectivity index (χ2n) is 3.29. The topological polar surface area (TPSA) is 25.8 Å². The molecule has 1 aliphatic rings. The van der Waals surface area contributed by atoms with E-state index in [1.807, 2.05) is 13.0 Å². The number of nitrogens with zero attached hydrogens (tertiary/aromatic N) is 2. The molecule has 1 aromatic rings. The highest BCUT2D eigenvalue weighted by molar-refractivity contribution is 6.29. The van der Waals surface area contributed by atoms with Crippen molar-refractivity contribution in [3.63, 3.8) is 0 Å². The van der Waals surface area contributed by atoms with Crippen molar-refractivity contribution in [2.75, 3.05) is 0 Å². The van der Waals surface area contributed by atoms with E-state index in [0.29, 0.717) is 11.1 Å². The first-order valence-corrected chi connectivity index (χ1v) is 4.64. The molecule has 0 N–H and O–H groups in total. The highest BCUT2D eigenvalue weighted by atomic mass is 35.5. The van der Waals surface area contributed by atoms with Crippen LogP contribution >= 0.6 is 11.6 Å². The first-order valence-electron chi connectivity index (χ1n) is 4.27. The fourth-order valence-corrected chi connectivity index (χ4v) is 1.70. The number of aromatic nitrogens is 2. The Bertz CT molecular complexity index is 274. The predicted molar refractivity (Wildman–Crippen MR) is 48.4 cm³/mol. The van der Waals surface area contributed by atoms with Crippen LogP contribution in [0.15, 0.2) is 6.07 Å². The molecule has 0 unspecified atom stereocenters. The van der Waals surface area contributed by atoms with Crippen LogP contribution in [0.4, 0.5) is 0 Å². The SMILES string of the molecule is Cc1nc(Cl)cc(C2CCC2)n1. The molecule has 0 aliphatic heterocycles. The molecule has 12 heavy (non-hydrogen) atoms. The fraction of sp³-hybridized carbons (Fsp3) is 0.556. The largest absolute Gasteiger partial charge is 0.238 e. The first-order chi connectivity index (χ1) is 5.75. The third-order valence-electron chi connectivity index (χ3n) is 2.35. The van der Waals surface area contributed by atoms with E-state index in [9.17, 15) is 0 Å². The van der Waals surface area contributed by atoms with Gasteiger partial charge in [0.15, 0.2) is 0 Å². The summed E-state index contributed by atoms with van der Waals surface area (Å²) in [7, 11) is 0. The van der Waals surface area contributed by atoms with E-state index in [0.717, 1.165) is 11.5 Å². The van der Waals surface area contributed by atoms with Gasteiger partial charge >= 0.3 is 0 Å². The summed E-state index contributed by atoms with van der Waals surface area (Å²) in [5.41, 5.74) is 1.12. The summed E-state index contributed by atoms with van der Waals surface area (Å²) in [5, 5.41) is 0.574. The molecule has 0 atom stereocenters. The van der Waals surface area contributed by atoms with E-state index in [4.69, 9.17) is 11.6 Å². The Kier molecular flexibility index (Phi) is 2.01. The molecule has 0 amide bonds. The van der Waals surface area contributed by atoms with Gasteiger partial charge in [-0.05, 0) is 25.8 Å². The van der Waals surface area contributed by atoms with E-state index in [-0.39, 0.29) is 0 Å². The highest BCUT2D eigenvalue weighted by Crippen LogP contribution is 2.35. The van der Waals surface area contributed by atoms with Gasteiger partial charge in [0.25, 0.3) is 0 Å². The molecule has 0 bridgehead atoms. The monoisotopic (exact) mass is 182 g/mol. The van der Waals surface area contributed by atoms with Crippen LogP contribution in [0.2, 0.25) is 5.15 Å². The molecule has 0 saturated heterocycles. The summed E-state index contributed by atoms with van der Waals surface area (Å²) < 4.78 is 0. The van der Waals surface area contributed by atoms with Crippen molar-refractivity contribution in [2.24, 2.45) is 0 Å². The number of aryl methyl sites for hydroxylation is 1. The maximum Gasteiger partial charge on any atom is 0.133 e. The van der Waals surface area contributed by atoms with Gasteiger partial charge in [-0.1, -0.05) is 18.0 Å². The van der Waals surface area contributed by atoms with Crippen LogP contribution in [0, 0.1) is 6.92 Å². The molecule has 1 heterocycles. The summed E-state index contributed by atoms with van der Waals surface area (Å²) in [4.78, 5) is 8.39. The quantitative estimate of drug-likeness (QED) is 0.625. The second-order valence-corrected chi connectivity index (χ2v) is 3.68. The number of hydrogen-bond acceptors (Lipinski definition) is 2. The van der Waals surface area contributed by atoms with Crippen molar-refractivity contribution in [1.29, 1.82) is 0 Å². The second kappa shape index (κ2) is 3.02. The first kappa shape index (κ1) is 7.99. The van der Waals surface area contributed by atoms with Crippen LogP contribution in [0.5, 0.6) is 0 Å². The minimum absolute atomic E-state index is 0.574. The van der Waals surface area contributed by atoms with Crippen LogP contribution in [0.25, 0.3) is 0 Å². The lowest BCUT2D eigenvalue weighted by Gasteiger charge is -2.24. The van der Waals surface area contributed by atoms with Crippen LogP contribution in [0.1, 0.15) is 36.7 Å². The molecule has 1 aromatic heterocycles. The Morgan fingerprint density at radius 1 is 1.42 bits per heavy atom. The zero-order chi connectivity index (χ0) is 8.55. The molecule has 0 aromatic carbocycles. The number of hydrogen-bond donors (Lipinski definition) is 0. The lowest BCUT2D eigenvalue weighted by Crippen LogP contribution is -2.11. The molecule has 0 radical (unpaired) electrons. The van der Waals surface area contributed by atoms with Crippen molar-refractivity contribution in [3.05, 3.63) is 22.7 Å². The van der Waals surface area contributed by atoms with Crippen molar-refractivity contribution >= 4 is 11.6 Å². The third-order valence-corrected chi connectivity index (χ3v) is 2.54. The van der Waals surface area contributed by atoms with Gasteiger partial charge in [-0.2, -0.15) is 0 Å². The van der Waals surface area contributed by atoms with Gasteiger partial charge in [0.1, 0.15) is 11.0 Å². The van der Waals surface area contributed by atoms with Crippen molar-refractivity contribution in [1.82, 2.24) is 9.97 Å². The minimum atomic E-state index is 0.574. The zero-order valence-electron chi connectivity index (χ0n) is 7.05. The molecule has 1 aliphatic carbocycles. The molecule has 64 valence electrons. The van der Waals surface area contributed by atoms with Crippen molar-refractivity contribution in [2.45, 2.75) is 32.1 Å². The average Bonchev–Trinajstić information content (AvgIpc) is 1.79. The number of rotatable bonds is 1. The smallest absolute Gasteiger partial charge is 0.133 e. The lowest BCUT2D eigenvalue weighted by atomic mass is 9.83. The predicted octanol–water partition coefficient (Wildman–Crippen LogP) is 2.71. The molecule has 3 heteroatoms. The molecular formula is C9H11ClN2. The third kappa shape index (κ3) is 1.44. The van der Waals surface area contributed by atoms with E-state index < -0.39 is 0 Å². The van der Waals surface area contributed by atoms with Crippen LogP contribution in [-0.4, -0.2) is 9.97 Å². The maximum atomic E-state index is 5.82. The Labute approximate surface area is 77.0 Å². The fourth-order valence-electron chi connectivity index (χ4n) is 1.47. The normalized spacial score (nSPS) is 17.5. The molecule has 1 fully saturated rings. The van der Waals surface area contributed by atoms with E-state index in [1.54, 1.807) is 0 Å². The Hall–Kier alpha value is -0.630. The van der Waals surface area contributed by atoms with Gasteiger partial charge in [-0.25, -0.2) is 9.97 Å². The van der Waals surface area contributed by atoms with Gasteiger partial charge in [0.05, 0.1) is 0 Å². The standard InChI is InChI=1S/C9H11ClN2/c1-6-11-8(5-9(10)12-6)7-3-2-4-7/h5,7H,2-4H2,1H3.